The van der Waals surface area contributed by atoms with Crippen LogP contribution in [0.1, 0.15) is 35.2 Å². The van der Waals surface area contributed by atoms with Gasteiger partial charge >= 0.3 is 0 Å². The number of hydrazine groups is 1. The molecule has 3 atom stereocenters. The van der Waals surface area contributed by atoms with Crippen molar-refractivity contribution in [2.45, 2.75) is 37.8 Å². The Morgan fingerprint density at radius 1 is 1.21 bits per heavy atom. The zero-order valence-electron chi connectivity index (χ0n) is 16.9. The van der Waals surface area contributed by atoms with Crippen LogP contribution in [0.15, 0.2) is 18.2 Å². The lowest BCUT2D eigenvalue weighted by Gasteiger charge is -2.41. The summed E-state index contributed by atoms with van der Waals surface area (Å²) in [6.07, 6.45) is 3.36. The van der Waals surface area contributed by atoms with Gasteiger partial charge in [0.05, 0.1) is 11.5 Å². The first-order valence-corrected chi connectivity index (χ1v) is 10.6. The maximum absolute atomic E-state index is 14.5. The molecular weight excluding hydrogens is 373 g/mol. The SMILES string of the molecule is CN1CCCN(C(=O)c2cc(CC3NNC(=O)C4CCCNC34)ccc2F)CC1. The average molecular weight is 404 g/mol. The van der Waals surface area contributed by atoms with Gasteiger partial charge in [-0.25, -0.2) is 9.82 Å². The summed E-state index contributed by atoms with van der Waals surface area (Å²) in [6, 6.07) is 4.85. The fraction of sp³-hybridized carbons (Fsp3) is 0.619. The Morgan fingerprint density at radius 3 is 2.93 bits per heavy atom. The standard InChI is InChI=1S/C21H30FN5O2/c1-26-8-3-9-27(11-10-26)21(29)16-12-14(5-6-17(16)22)13-18-19-15(4-2-7-23-19)20(28)25-24-18/h5-6,12,15,18-19,23-24H,2-4,7-11,13H2,1H3,(H,25,28). The second-order valence-electron chi connectivity index (χ2n) is 8.44. The highest BCUT2D eigenvalue weighted by Crippen LogP contribution is 2.24. The lowest BCUT2D eigenvalue weighted by molar-refractivity contribution is -0.131. The van der Waals surface area contributed by atoms with E-state index in [1.807, 2.05) is 7.05 Å². The molecule has 0 spiro atoms. The average Bonchev–Trinajstić information content (AvgIpc) is 2.95. The van der Waals surface area contributed by atoms with Crippen LogP contribution in [0.3, 0.4) is 0 Å². The highest BCUT2D eigenvalue weighted by atomic mass is 19.1. The van der Waals surface area contributed by atoms with Crippen LogP contribution >= 0.6 is 0 Å². The molecule has 0 radical (unpaired) electrons. The summed E-state index contributed by atoms with van der Waals surface area (Å²) in [6.45, 7) is 3.90. The molecular formula is C21H30FN5O2. The van der Waals surface area contributed by atoms with Gasteiger partial charge in [-0.2, -0.15) is 0 Å². The quantitative estimate of drug-likeness (QED) is 0.686. The third kappa shape index (κ3) is 4.44. The molecule has 3 fully saturated rings. The lowest BCUT2D eigenvalue weighted by Crippen LogP contribution is -2.67. The van der Waals surface area contributed by atoms with Crippen molar-refractivity contribution in [2.24, 2.45) is 5.92 Å². The fourth-order valence-electron chi connectivity index (χ4n) is 4.69. The predicted molar refractivity (Wildman–Crippen MR) is 108 cm³/mol. The Morgan fingerprint density at radius 2 is 2.07 bits per heavy atom. The monoisotopic (exact) mass is 403 g/mol. The van der Waals surface area contributed by atoms with E-state index in [0.717, 1.165) is 44.5 Å². The zero-order chi connectivity index (χ0) is 20.4. The van der Waals surface area contributed by atoms with E-state index in [9.17, 15) is 14.0 Å². The van der Waals surface area contributed by atoms with E-state index in [1.54, 1.807) is 17.0 Å². The first-order valence-electron chi connectivity index (χ1n) is 10.6. The summed E-state index contributed by atoms with van der Waals surface area (Å²) in [5, 5.41) is 3.46. The number of amides is 2. The molecule has 1 aromatic rings. The topological polar surface area (TPSA) is 76.7 Å². The maximum atomic E-state index is 14.5. The third-order valence-electron chi connectivity index (χ3n) is 6.38. The normalized spacial score (nSPS) is 28.4. The molecule has 4 rings (SSSR count). The molecule has 29 heavy (non-hydrogen) atoms. The van der Waals surface area contributed by atoms with E-state index in [0.29, 0.717) is 19.5 Å². The number of benzene rings is 1. The number of nitrogens with one attached hydrogen (secondary N) is 3. The summed E-state index contributed by atoms with van der Waals surface area (Å²) in [5.41, 5.74) is 6.91. The van der Waals surface area contributed by atoms with Crippen molar-refractivity contribution in [3.63, 3.8) is 0 Å². The molecule has 0 aromatic heterocycles. The van der Waals surface area contributed by atoms with Gasteiger partial charge in [0.15, 0.2) is 0 Å². The Hall–Kier alpha value is -2.03. The second kappa shape index (κ2) is 8.77. The van der Waals surface area contributed by atoms with E-state index >= 15 is 0 Å². The third-order valence-corrected chi connectivity index (χ3v) is 6.38. The summed E-state index contributed by atoms with van der Waals surface area (Å²) in [4.78, 5) is 29.0. The molecule has 0 saturated carbocycles. The Labute approximate surface area is 171 Å². The van der Waals surface area contributed by atoms with Crippen molar-refractivity contribution < 1.29 is 14.0 Å². The molecule has 8 heteroatoms. The minimum Gasteiger partial charge on any atom is -0.337 e. The molecule has 7 nitrogen and oxygen atoms in total. The smallest absolute Gasteiger partial charge is 0.256 e. The largest absolute Gasteiger partial charge is 0.337 e. The van der Waals surface area contributed by atoms with Crippen molar-refractivity contribution in [3.05, 3.63) is 35.1 Å². The van der Waals surface area contributed by atoms with Crippen molar-refractivity contribution >= 4 is 11.8 Å². The first-order chi connectivity index (χ1) is 14.0. The van der Waals surface area contributed by atoms with Crippen LogP contribution in [0.25, 0.3) is 0 Å². The van der Waals surface area contributed by atoms with Gasteiger partial charge in [-0.1, -0.05) is 6.07 Å². The number of hydrogen-bond acceptors (Lipinski definition) is 5. The van der Waals surface area contributed by atoms with Gasteiger partial charge in [0.2, 0.25) is 5.91 Å². The molecule has 158 valence electrons. The zero-order valence-corrected chi connectivity index (χ0v) is 16.9. The van der Waals surface area contributed by atoms with Crippen LogP contribution in [-0.2, 0) is 11.2 Å². The molecule has 3 aliphatic heterocycles. The highest BCUT2D eigenvalue weighted by Gasteiger charge is 2.39. The molecule has 3 N–H and O–H groups in total. The fourth-order valence-corrected chi connectivity index (χ4v) is 4.69. The minimum absolute atomic E-state index is 0.00162. The van der Waals surface area contributed by atoms with E-state index in [4.69, 9.17) is 0 Å². The molecule has 3 unspecified atom stereocenters. The van der Waals surface area contributed by atoms with Gasteiger partial charge < -0.3 is 15.1 Å². The number of hydrogen-bond donors (Lipinski definition) is 3. The molecule has 3 heterocycles. The van der Waals surface area contributed by atoms with Gasteiger partial charge in [0.1, 0.15) is 5.82 Å². The van der Waals surface area contributed by atoms with E-state index in [1.165, 1.54) is 6.07 Å². The number of carbonyl (C=O) groups excluding carboxylic acids is 2. The van der Waals surface area contributed by atoms with Gasteiger partial charge in [-0.15, -0.1) is 0 Å². The van der Waals surface area contributed by atoms with E-state index < -0.39 is 5.82 Å². The number of halogens is 1. The molecule has 0 aliphatic carbocycles. The van der Waals surface area contributed by atoms with Crippen molar-refractivity contribution in [1.29, 1.82) is 0 Å². The summed E-state index contributed by atoms with van der Waals surface area (Å²) < 4.78 is 14.5. The molecule has 0 bridgehead atoms. The van der Waals surface area contributed by atoms with Gasteiger partial charge in [-0.3, -0.25) is 15.0 Å². The molecule has 2 amide bonds. The van der Waals surface area contributed by atoms with Crippen molar-refractivity contribution in [1.82, 2.24) is 26.0 Å². The van der Waals surface area contributed by atoms with Crippen LogP contribution in [-0.4, -0.2) is 73.5 Å². The van der Waals surface area contributed by atoms with E-state index in [2.05, 4.69) is 21.1 Å². The second-order valence-corrected chi connectivity index (χ2v) is 8.44. The minimum atomic E-state index is -0.477. The maximum Gasteiger partial charge on any atom is 0.256 e. The van der Waals surface area contributed by atoms with Crippen LogP contribution in [0, 0.1) is 11.7 Å². The van der Waals surface area contributed by atoms with E-state index in [-0.39, 0.29) is 35.4 Å². The van der Waals surface area contributed by atoms with Crippen LogP contribution in [0.5, 0.6) is 0 Å². The first kappa shape index (κ1) is 20.3. The molecule has 1 aromatic carbocycles. The number of carbonyl (C=O) groups is 2. The lowest BCUT2D eigenvalue weighted by atomic mass is 9.82. The summed E-state index contributed by atoms with van der Waals surface area (Å²) >= 11 is 0. The number of likely N-dealkylation sites (N-methyl/N-ethyl adjacent to an activating group) is 1. The summed E-state index contributed by atoms with van der Waals surface area (Å²) in [7, 11) is 2.04. The van der Waals surface area contributed by atoms with Crippen LogP contribution < -0.4 is 16.2 Å². The number of fused-ring (bicyclic) bond motifs is 1. The number of rotatable bonds is 3. The Balaban J connectivity index is 1.49. The highest BCUT2D eigenvalue weighted by molar-refractivity contribution is 5.94. The Bertz CT molecular complexity index is 773. The van der Waals surface area contributed by atoms with Gasteiger partial charge in [0, 0.05) is 31.7 Å². The molecule has 3 saturated heterocycles. The van der Waals surface area contributed by atoms with Crippen molar-refractivity contribution in [2.75, 3.05) is 39.8 Å². The van der Waals surface area contributed by atoms with Gasteiger partial charge in [0.25, 0.3) is 5.91 Å². The van der Waals surface area contributed by atoms with Crippen LogP contribution in [0.4, 0.5) is 4.39 Å². The number of nitrogens with zero attached hydrogens (tertiary/aromatic N) is 2. The number of piperidine rings is 1. The molecule has 3 aliphatic rings. The summed E-state index contributed by atoms with van der Waals surface area (Å²) in [5.74, 6) is -0.738. The van der Waals surface area contributed by atoms with Crippen LogP contribution in [0.2, 0.25) is 0 Å². The Kier molecular flexibility index (Phi) is 6.12. The van der Waals surface area contributed by atoms with Gasteiger partial charge in [-0.05, 0) is 63.5 Å². The van der Waals surface area contributed by atoms with Crippen molar-refractivity contribution in [3.8, 4) is 0 Å². The predicted octanol–water partition coefficient (Wildman–Crippen LogP) is 0.517.